The van der Waals surface area contributed by atoms with Gasteiger partial charge in [0.25, 0.3) is 5.91 Å². The van der Waals surface area contributed by atoms with E-state index in [0.29, 0.717) is 24.5 Å². The van der Waals surface area contributed by atoms with Gasteiger partial charge >= 0.3 is 6.03 Å². The van der Waals surface area contributed by atoms with Gasteiger partial charge in [0.15, 0.2) is 5.78 Å². The second kappa shape index (κ2) is 8.93. The number of rotatable bonds is 9. The molecule has 0 unspecified atom stereocenters. The molecule has 1 aromatic heterocycles. The molecular weight excluding hydrogens is 398 g/mol. The monoisotopic (exact) mass is 427 g/mol. The molecule has 0 bridgehead atoms. The maximum Gasteiger partial charge on any atom is 0.325 e. The number of nitrogens with zero attached hydrogens (tertiary/aromatic N) is 2. The molecule has 8 nitrogen and oxygen atoms in total. The molecule has 1 aromatic carbocycles. The van der Waals surface area contributed by atoms with Crippen LogP contribution in [0.4, 0.5) is 4.79 Å². The van der Waals surface area contributed by atoms with Gasteiger partial charge in [0.05, 0.1) is 20.3 Å². The number of ether oxygens (including phenoxy) is 2. The van der Waals surface area contributed by atoms with Crippen LogP contribution in [0.1, 0.15) is 34.2 Å². The predicted molar refractivity (Wildman–Crippen MR) is 115 cm³/mol. The summed E-state index contributed by atoms with van der Waals surface area (Å²) in [5, 5.41) is 2.75. The first-order valence-electron chi connectivity index (χ1n) is 10.2. The Morgan fingerprint density at radius 3 is 2.55 bits per heavy atom. The Morgan fingerprint density at radius 2 is 1.87 bits per heavy atom. The average molecular weight is 428 g/mol. The molecule has 166 valence electrons. The number of carbonyl (C=O) groups excluding carboxylic acids is 3. The lowest BCUT2D eigenvalue weighted by Gasteiger charge is -2.22. The molecule has 8 heteroatoms. The largest absolute Gasteiger partial charge is 0.496 e. The number of hydrogen-bond donors (Lipinski definition) is 1. The Labute approximate surface area is 182 Å². The van der Waals surface area contributed by atoms with Gasteiger partial charge in [-0.05, 0) is 38.5 Å². The van der Waals surface area contributed by atoms with Gasteiger partial charge in [-0.15, -0.1) is 0 Å². The van der Waals surface area contributed by atoms with Gasteiger partial charge in [-0.25, -0.2) is 4.79 Å². The molecule has 0 aliphatic carbocycles. The summed E-state index contributed by atoms with van der Waals surface area (Å²) >= 11 is 0. The highest BCUT2D eigenvalue weighted by molar-refractivity contribution is 6.11. The van der Waals surface area contributed by atoms with E-state index < -0.39 is 17.5 Å². The molecule has 1 aliphatic rings. The first-order valence-corrected chi connectivity index (χ1v) is 10.2. The summed E-state index contributed by atoms with van der Waals surface area (Å²) < 4.78 is 12.5. The molecule has 0 saturated carbocycles. The van der Waals surface area contributed by atoms with E-state index in [0.717, 1.165) is 21.9 Å². The van der Waals surface area contributed by atoms with Crippen molar-refractivity contribution in [3.05, 3.63) is 52.8 Å². The van der Waals surface area contributed by atoms with E-state index >= 15 is 0 Å². The van der Waals surface area contributed by atoms with Gasteiger partial charge in [-0.2, -0.15) is 0 Å². The van der Waals surface area contributed by atoms with Crippen LogP contribution in [-0.4, -0.2) is 60.1 Å². The number of imide groups is 1. The van der Waals surface area contributed by atoms with E-state index in [1.165, 1.54) is 0 Å². The number of benzene rings is 1. The zero-order valence-electron chi connectivity index (χ0n) is 18.7. The number of nitrogens with one attached hydrogen (secondary N) is 1. The Balaban J connectivity index is 1.78. The summed E-state index contributed by atoms with van der Waals surface area (Å²) in [6, 6.07) is 8.58. The summed E-state index contributed by atoms with van der Waals surface area (Å²) in [6.45, 7) is 6.28. The van der Waals surface area contributed by atoms with Crippen LogP contribution in [0, 0.1) is 13.8 Å². The van der Waals surface area contributed by atoms with E-state index in [9.17, 15) is 14.4 Å². The van der Waals surface area contributed by atoms with E-state index in [1.54, 1.807) is 33.3 Å². The number of amides is 3. The van der Waals surface area contributed by atoms with Gasteiger partial charge in [0.2, 0.25) is 0 Å². The fourth-order valence-electron chi connectivity index (χ4n) is 4.08. The average Bonchev–Trinajstić information content (AvgIpc) is 3.13. The maximum atomic E-state index is 13.1. The highest BCUT2D eigenvalue weighted by Crippen LogP contribution is 2.28. The second-order valence-electron chi connectivity index (χ2n) is 7.99. The number of hydrogen-bond acceptors (Lipinski definition) is 5. The van der Waals surface area contributed by atoms with Gasteiger partial charge in [0.1, 0.15) is 11.3 Å². The summed E-state index contributed by atoms with van der Waals surface area (Å²) in [5.74, 6) is -0.0597. The van der Waals surface area contributed by atoms with Gasteiger partial charge < -0.3 is 19.4 Å². The number of urea groups is 1. The highest BCUT2D eigenvalue weighted by atomic mass is 16.5. The Kier molecular flexibility index (Phi) is 6.50. The Bertz CT molecular complexity index is 1010. The normalized spacial score (nSPS) is 18.4. The summed E-state index contributed by atoms with van der Waals surface area (Å²) in [5.41, 5.74) is 1.88. The lowest BCUT2D eigenvalue weighted by atomic mass is 9.92. The van der Waals surface area contributed by atoms with Crippen LogP contribution in [0.3, 0.4) is 0 Å². The molecule has 0 spiro atoms. The zero-order chi connectivity index (χ0) is 22.8. The molecule has 2 aromatic rings. The van der Waals surface area contributed by atoms with Crippen LogP contribution in [0.2, 0.25) is 0 Å². The van der Waals surface area contributed by atoms with Crippen molar-refractivity contribution in [2.45, 2.75) is 39.3 Å². The maximum absolute atomic E-state index is 13.1. The van der Waals surface area contributed by atoms with Crippen molar-refractivity contribution < 1.29 is 23.9 Å². The third-order valence-electron chi connectivity index (χ3n) is 5.78. The van der Waals surface area contributed by atoms with Crippen molar-refractivity contribution in [3.63, 3.8) is 0 Å². The molecular formula is C23H29N3O5. The zero-order valence-corrected chi connectivity index (χ0v) is 18.7. The first kappa shape index (κ1) is 22.6. The molecule has 2 heterocycles. The topological polar surface area (TPSA) is 89.9 Å². The fourth-order valence-corrected chi connectivity index (χ4v) is 4.08. The second-order valence-corrected chi connectivity index (χ2v) is 7.99. The molecule has 1 aliphatic heterocycles. The minimum Gasteiger partial charge on any atom is -0.496 e. The van der Waals surface area contributed by atoms with Crippen molar-refractivity contribution in [3.8, 4) is 5.75 Å². The molecule has 1 N–H and O–H groups in total. The van der Waals surface area contributed by atoms with Crippen LogP contribution in [0.25, 0.3) is 0 Å². The predicted octanol–water partition coefficient (Wildman–Crippen LogP) is 2.50. The minimum absolute atomic E-state index is 0.262. The minimum atomic E-state index is -1.15. The molecule has 3 amide bonds. The van der Waals surface area contributed by atoms with E-state index in [1.807, 2.05) is 36.6 Å². The highest BCUT2D eigenvalue weighted by Gasteiger charge is 2.48. The lowest BCUT2D eigenvalue weighted by molar-refractivity contribution is -0.130. The number of aryl methyl sites for hydroxylation is 1. The molecule has 1 fully saturated rings. The number of ketones is 1. The standard InChI is InChI=1S/C23H29N3O5/c1-15-12-18(16(2)25(15)10-11-30-4)19(27)14-26-21(28)23(3,24-22(26)29)13-17-8-6-7-9-20(17)31-5/h6-9,12H,10-11,13-14H2,1-5H3,(H,24,29)/t23-/m1/s1. The first-order chi connectivity index (χ1) is 14.7. The van der Waals surface area contributed by atoms with Crippen LogP contribution in [-0.2, 0) is 22.5 Å². The van der Waals surface area contributed by atoms with Crippen molar-refractivity contribution in [1.82, 2.24) is 14.8 Å². The SMILES string of the molecule is COCCn1c(C)cc(C(=O)CN2C(=O)N[C@](C)(Cc3ccccc3OC)C2=O)c1C. The van der Waals surface area contributed by atoms with Crippen molar-refractivity contribution in [2.75, 3.05) is 27.4 Å². The van der Waals surface area contributed by atoms with Gasteiger partial charge in [-0.1, -0.05) is 18.2 Å². The van der Waals surface area contributed by atoms with Crippen LogP contribution in [0.5, 0.6) is 5.75 Å². The number of para-hydroxylation sites is 1. The van der Waals surface area contributed by atoms with Crippen molar-refractivity contribution in [1.29, 1.82) is 0 Å². The number of methoxy groups -OCH3 is 2. The Hall–Kier alpha value is -3.13. The van der Waals surface area contributed by atoms with E-state index in [4.69, 9.17) is 9.47 Å². The van der Waals surface area contributed by atoms with Crippen LogP contribution < -0.4 is 10.1 Å². The Morgan fingerprint density at radius 1 is 1.16 bits per heavy atom. The third-order valence-corrected chi connectivity index (χ3v) is 5.78. The number of aromatic nitrogens is 1. The van der Waals surface area contributed by atoms with E-state index in [-0.39, 0.29) is 18.7 Å². The fraction of sp³-hybridized carbons (Fsp3) is 0.435. The molecule has 0 radical (unpaired) electrons. The number of Topliss-reactive ketones (excluding diaryl/α,β-unsaturated/α-hetero) is 1. The quantitative estimate of drug-likeness (QED) is 0.491. The lowest BCUT2D eigenvalue weighted by Crippen LogP contribution is -2.46. The smallest absolute Gasteiger partial charge is 0.325 e. The van der Waals surface area contributed by atoms with Gasteiger partial charge in [-0.3, -0.25) is 14.5 Å². The molecule has 1 saturated heterocycles. The molecule has 1 atom stereocenters. The summed E-state index contributed by atoms with van der Waals surface area (Å²) in [7, 11) is 3.18. The van der Waals surface area contributed by atoms with Gasteiger partial charge in [0, 0.05) is 37.0 Å². The van der Waals surface area contributed by atoms with Crippen LogP contribution >= 0.6 is 0 Å². The summed E-state index contributed by atoms with van der Waals surface area (Å²) in [6.07, 6.45) is 0.262. The molecule has 3 rings (SSSR count). The van der Waals surface area contributed by atoms with E-state index in [2.05, 4.69) is 5.32 Å². The van der Waals surface area contributed by atoms with Crippen molar-refractivity contribution >= 4 is 17.7 Å². The number of carbonyl (C=O) groups is 3. The molecule has 31 heavy (non-hydrogen) atoms. The third kappa shape index (κ3) is 4.34. The van der Waals surface area contributed by atoms with Crippen LogP contribution in [0.15, 0.2) is 30.3 Å². The summed E-state index contributed by atoms with van der Waals surface area (Å²) in [4.78, 5) is 39.7. The van der Waals surface area contributed by atoms with Crippen molar-refractivity contribution in [2.24, 2.45) is 0 Å².